The van der Waals surface area contributed by atoms with Crippen molar-refractivity contribution in [2.45, 2.75) is 17.3 Å². The first-order chi connectivity index (χ1) is 12.5. The molecule has 0 aliphatic carbocycles. The monoisotopic (exact) mass is 390 g/mol. The van der Waals surface area contributed by atoms with Gasteiger partial charge in [-0.2, -0.15) is 0 Å². The Morgan fingerprint density at radius 2 is 2.00 bits per heavy atom. The Balaban J connectivity index is 1.55. The molecule has 2 aromatic carbocycles. The van der Waals surface area contributed by atoms with Gasteiger partial charge in [-0.1, -0.05) is 48.2 Å². The minimum absolute atomic E-state index is 0.175. The molecular formula is C19H16F2N2OS2. The fraction of sp³-hybridized carbons (Fsp3) is 0.158. The molecule has 0 unspecified atom stereocenters. The Kier molecular flexibility index (Phi) is 6.00. The molecule has 1 heterocycles. The lowest BCUT2D eigenvalue weighted by Gasteiger charge is -2.14. The standard InChI is InChI=1S/C19H16F2N2OS2/c1-12(15-8-7-14(20)9-16(15)21)22-18(24)11-26-19-23-17(10-25-19)13-5-3-2-4-6-13/h2-10,12H,11H2,1H3,(H,22,24)/t12-/m1/s1. The number of nitrogens with one attached hydrogen (secondary N) is 1. The zero-order chi connectivity index (χ0) is 18.5. The van der Waals surface area contributed by atoms with Gasteiger partial charge in [0.25, 0.3) is 0 Å². The molecule has 7 heteroatoms. The third-order valence-electron chi connectivity index (χ3n) is 3.69. The fourth-order valence-corrected chi connectivity index (χ4v) is 4.05. The number of hydrogen-bond donors (Lipinski definition) is 1. The molecular weight excluding hydrogens is 374 g/mol. The Labute approximate surface area is 158 Å². The number of thioether (sulfide) groups is 1. The highest BCUT2D eigenvalue weighted by Gasteiger charge is 2.15. The lowest BCUT2D eigenvalue weighted by Crippen LogP contribution is -2.28. The largest absolute Gasteiger partial charge is 0.349 e. The number of benzene rings is 2. The average Bonchev–Trinajstić information content (AvgIpc) is 3.09. The maximum Gasteiger partial charge on any atom is 0.230 e. The van der Waals surface area contributed by atoms with Gasteiger partial charge in [-0.25, -0.2) is 13.8 Å². The molecule has 1 amide bonds. The second-order valence-corrected chi connectivity index (χ2v) is 7.69. The molecule has 0 aliphatic rings. The number of carbonyl (C=O) groups is 1. The molecule has 134 valence electrons. The molecule has 0 radical (unpaired) electrons. The summed E-state index contributed by atoms with van der Waals surface area (Å²) in [6.45, 7) is 1.66. The summed E-state index contributed by atoms with van der Waals surface area (Å²) in [5.74, 6) is -1.37. The maximum atomic E-state index is 13.8. The second-order valence-electron chi connectivity index (χ2n) is 5.61. The van der Waals surface area contributed by atoms with E-state index in [-0.39, 0.29) is 17.2 Å². The van der Waals surface area contributed by atoms with Gasteiger partial charge in [0.15, 0.2) is 4.34 Å². The van der Waals surface area contributed by atoms with Crippen LogP contribution >= 0.6 is 23.1 Å². The number of thiazole rings is 1. The van der Waals surface area contributed by atoms with Gasteiger partial charge in [0.2, 0.25) is 5.91 Å². The zero-order valence-corrected chi connectivity index (χ0v) is 15.5. The van der Waals surface area contributed by atoms with E-state index in [1.54, 1.807) is 6.92 Å². The summed E-state index contributed by atoms with van der Waals surface area (Å²) in [6.07, 6.45) is 0. The number of hydrogen-bond acceptors (Lipinski definition) is 4. The zero-order valence-electron chi connectivity index (χ0n) is 13.9. The molecule has 3 nitrogen and oxygen atoms in total. The number of carbonyl (C=O) groups excluding carboxylic acids is 1. The highest BCUT2D eigenvalue weighted by molar-refractivity contribution is 8.01. The molecule has 0 fully saturated rings. The Morgan fingerprint density at radius 3 is 2.73 bits per heavy atom. The van der Waals surface area contributed by atoms with Crippen LogP contribution in [0.4, 0.5) is 8.78 Å². The molecule has 3 aromatic rings. The number of nitrogens with zero attached hydrogens (tertiary/aromatic N) is 1. The lowest BCUT2D eigenvalue weighted by atomic mass is 10.1. The predicted octanol–water partition coefficient (Wildman–Crippen LogP) is 5.06. The van der Waals surface area contributed by atoms with Crippen molar-refractivity contribution in [2.75, 3.05) is 5.75 Å². The molecule has 0 saturated heterocycles. The van der Waals surface area contributed by atoms with Crippen LogP contribution in [-0.2, 0) is 4.79 Å². The minimum Gasteiger partial charge on any atom is -0.349 e. The normalized spacial score (nSPS) is 12.0. The Morgan fingerprint density at radius 1 is 1.23 bits per heavy atom. The number of rotatable bonds is 6. The number of halogens is 2. The maximum absolute atomic E-state index is 13.8. The van der Waals surface area contributed by atoms with E-state index in [1.807, 2.05) is 35.7 Å². The van der Waals surface area contributed by atoms with Crippen molar-refractivity contribution >= 4 is 29.0 Å². The van der Waals surface area contributed by atoms with Gasteiger partial charge in [-0.15, -0.1) is 11.3 Å². The fourth-order valence-electron chi connectivity index (χ4n) is 2.41. The molecule has 26 heavy (non-hydrogen) atoms. The van der Waals surface area contributed by atoms with Crippen molar-refractivity contribution in [2.24, 2.45) is 0 Å². The average molecular weight is 390 g/mol. The predicted molar refractivity (Wildman–Crippen MR) is 101 cm³/mol. The molecule has 0 bridgehead atoms. The van der Waals surface area contributed by atoms with Crippen LogP contribution in [0.1, 0.15) is 18.5 Å². The first kappa shape index (κ1) is 18.5. The van der Waals surface area contributed by atoms with Crippen LogP contribution in [0.5, 0.6) is 0 Å². The van der Waals surface area contributed by atoms with Crippen molar-refractivity contribution in [3.8, 4) is 11.3 Å². The molecule has 3 rings (SSSR count). The van der Waals surface area contributed by atoms with Crippen molar-refractivity contribution < 1.29 is 13.6 Å². The van der Waals surface area contributed by atoms with Crippen molar-refractivity contribution in [1.82, 2.24) is 10.3 Å². The molecule has 1 atom stereocenters. The highest BCUT2D eigenvalue weighted by atomic mass is 32.2. The Bertz CT molecular complexity index is 900. The van der Waals surface area contributed by atoms with E-state index in [1.165, 1.54) is 35.2 Å². The van der Waals surface area contributed by atoms with Crippen LogP contribution in [0.25, 0.3) is 11.3 Å². The second kappa shape index (κ2) is 8.42. The summed E-state index contributed by atoms with van der Waals surface area (Å²) >= 11 is 2.81. The van der Waals surface area contributed by atoms with E-state index in [0.29, 0.717) is 0 Å². The summed E-state index contributed by atoms with van der Waals surface area (Å²) in [7, 11) is 0. The van der Waals surface area contributed by atoms with E-state index < -0.39 is 17.7 Å². The SMILES string of the molecule is C[C@@H](NC(=O)CSc1nc(-c2ccccc2)cs1)c1ccc(F)cc1F. The minimum atomic E-state index is -0.669. The van der Waals surface area contributed by atoms with Crippen LogP contribution in [0.3, 0.4) is 0 Å². The molecule has 1 N–H and O–H groups in total. The van der Waals surface area contributed by atoms with Crippen LogP contribution in [0.15, 0.2) is 58.3 Å². The van der Waals surface area contributed by atoms with Gasteiger partial charge in [-0.3, -0.25) is 4.79 Å². The van der Waals surface area contributed by atoms with Gasteiger partial charge in [0, 0.05) is 22.6 Å². The van der Waals surface area contributed by atoms with Gasteiger partial charge < -0.3 is 5.32 Å². The van der Waals surface area contributed by atoms with Gasteiger partial charge in [-0.05, 0) is 13.0 Å². The number of aromatic nitrogens is 1. The van der Waals surface area contributed by atoms with E-state index in [2.05, 4.69) is 10.3 Å². The summed E-state index contributed by atoms with van der Waals surface area (Å²) in [5, 5.41) is 4.67. The van der Waals surface area contributed by atoms with Crippen molar-refractivity contribution in [3.63, 3.8) is 0 Å². The first-order valence-corrected chi connectivity index (χ1v) is 9.77. The first-order valence-electron chi connectivity index (χ1n) is 7.91. The van der Waals surface area contributed by atoms with Crippen molar-refractivity contribution in [3.05, 3.63) is 71.1 Å². The van der Waals surface area contributed by atoms with Crippen LogP contribution in [0.2, 0.25) is 0 Å². The van der Waals surface area contributed by atoms with Crippen LogP contribution in [-0.4, -0.2) is 16.6 Å². The van der Waals surface area contributed by atoms with E-state index in [0.717, 1.165) is 21.7 Å². The molecule has 0 spiro atoms. The van der Waals surface area contributed by atoms with Gasteiger partial charge in [0.05, 0.1) is 17.5 Å². The summed E-state index contributed by atoms with van der Waals surface area (Å²) in [5.41, 5.74) is 2.16. The third kappa shape index (κ3) is 4.68. The lowest BCUT2D eigenvalue weighted by molar-refractivity contribution is -0.119. The summed E-state index contributed by atoms with van der Waals surface area (Å²) in [4.78, 5) is 16.6. The third-order valence-corrected chi connectivity index (χ3v) is 5.71. The molecule has 1 aromatic heterocycles. The van der Waals surface area contributed by atoms with E-state index >= 15 is 0 Å². The molecule has 0 saturated carbocycles. The van der Waals surface area contributed by atoms with Crippen LogP contribution < -0.4 is 5.32 Å². The Hall–Kier alpha value is -2.25. The quantitative estimate of drug-likeness (QED) is 0.599. The molecule has 0 aliphatic heterocycles. The highest BCUT2D eigenvalue weighted by Crippen LogP contribution is 2.28. The van der Waals surface area contributed by atoms with Crippen LogP contribution in [0, 0.1) is 11.6 Å². The smallest absolute Gasteiger partial charge is 0.230 e. The van der Waals surface area contributed by atoms with Crippen molar-refractivity contribution in [1.29, 1.82) is 0 Å². The van der Waals surface area contributed by atoms with Gasteiger partial charge in [0.1, 0.15) is 11.6 Å². The summed E-state index contributed by atoms with van der Waals surface area (Å²) < 4.78 is 27.5. The van der Waals surface area contributed by atoms with E-state index in [9.17, 15) is 13.6 Å². The van der Waals surface area contributed by atoms with Gasteiger partial charge >= 0.3 is 0 Å². The summed E-state index contributed by atoms with van der Waals surface area (Å²) in [6, 6.07) is 12.6. The number of amides is 1. The van der Waals surface area contributed by atoms with E-state index in [4.69, 9.17) is 0 Å². The topological polar surface area (TPSA) is 42.0 Å².